The summed E-state index contributed by atoms with van der Waals surface area (Å²) in [6, 6.07) is 15.4. The Morgan fingerprint density at radius 3 is 2.61 bits per heavy atom. The molecule has 0 aliphatic rings. The van der Waals surface area contributed by atoms with Gasteiger partial charge in [0.05, 0.1) is 6.54 Å². The fourth-order valence-corrected chi connectivity index (χ4v) is 3.53. The Balaban J connectivity index is 1.74. The average Bonchev–Trinajstić information content (AvgIpc) is 3.16. The molecule has 3 aromatic rings. The van der Waals surface area contributed by atoms with Gasteiger partial charge in [-0.3, -0.25) is 0 Å². The molecule has 2 amide bonds. The molecule has 0 atom stereocenters. The normalized spacial score (nSPS) is 10.8. The van der Waals surface area contributed by atoms with Crippen LogP contribution in [0.3, 0.4) is 0 Å². The molecule has 1 N–H and O–H groups in total. The number of unbranched alkanes of at least 4 members (excludes halogenated alkanes) is 2. The molecule has 0 saturated heterocycles. The number of aryl methyl sites for hydroxylation is 1. The van der Waals surface area contributed by atoms with Crippen molar-refractivity contribution in [2.75, 3.05) is 11.9 Å². The molecule has 4 nitrogen and oxygen atoms in total. The summed E-state index contributed by atoms with van der Waals surface area (Å²) in [4.78, 5) is 14.7. The van der Waals surface area contributed by atoms with E-state index in [1.807, 2.05) is 24.4 Å². The molecule has 6 heteroatoms. The monoisotopic (exact) mass is 425 g/mol. The van der Waals surface area contributed by atoms with Crippen LogP contribution in [0.2, 0.25) is 0 Å². The Hall–Kier alpha value is -3.15. The number of nitrogens with zero attached hydrogens (tertiary/aromatic N) is 2. The summed E-state index contributed by atoms with van der Waals surface area (Å²) in [6.45, 7) is 5.91. The van der Waals surface area contributed by atoms with Gasteiger partial charge in [-0.15, -0.1) is 0 Å². The Bertz CT molecular complexity index is 1020. The van der Waals surface area contributed by atoms with Crippen LogP contribution in [0.5, 0.6) is 0 Å². The lowest BCUT2D eigenvalue weighted by Crippen LogP contribution is -2.36. The number of hydrogen-bond donors (Lipinski definition) is 1. The van der Waals surface area contributed by atoms with E-state index in [0.717, 1.165) is 43.6 Å². The van der Waals surface area contributed by atoms with Gasteiger partial charge in [0.2, 0.25) is 0 Å². The number of nitrogens with one attached hydrogen (secondary N) is 1. The quantitative estimate of drug-likeness (QED) is 0.399. The first-order valence-electron chi connectivity index (χ1n) is 10.7. The van der Waals surface area contributed by atoms with Crippen LogP contribution in [0.4, 0.5) is 19.3 Å². The van der Waals surface area contributed by atoms with Gasteiger partial charge >= 0.3 is 6.03 Å². The first-order chi connectivity index (χ1) is 15.0. The van der Waals surface area contributed by atoms with E-state index >= 15 is 0 Å². The topological polar surface area (TPSA) is 37.3 Å². The average molecular weight is 426 g/mol. The molecule has 0 spiro atoms. The van der Waals surface area contributed by atoms with Gasteiger partial charge in [0, 0.05) is 36.7 Å². The van der Waals surface area contributed by atoms with Gasteiger partial charge in [0.25, 0.3) is 0 Å². The fraction of sp³-hybridized carbons (Fsp3) is 0.320. The van der Waals surface area contributed by atoms with Gasteiger partial charge in [-0.2, -0.15) is 0 Å². The van der Waals surface area contributed by atoms with E-state index in [1.165, 1.54) is 17.2 Å². The van der Waals surface area contributed by atoms with Gasteiger partial charge in [-0.1, -0.05) is 49.6 Å². The highest BCUT2D eigenvalue weighted by Crippen LogP contribution is 2.16. The molecule has 0 saturated carbocycles. The SMILES string of the molecule is CCCCCN(Cc1cccn1Cc1cccc(C)c1)C(=O)Nc1ccc(F)c(F)c1. The zero-order valence-electron chi connectivity index (χ0n) is 18.1. The number of hydrogen-bond acceptors (Lipinski definition) is 1. The summed E-state index contributed by atoms with van der Waals surface area (Å²) in [5, 5.41) is 2.70. The lowest BCUT2D eigenvalue weighted by molar-refractivity contribution is 0.206. The molecule has 0 aliphatic carbocycles. The number of carbonyl (C=O) groups excluding carboxylic acids is 1. The number of rotatable bonds is 9. The maximum Gasteiger partial charge on any atom is 0.322 e. The number of aromatic nitrogens is 1. The molecule has 0 radical (unpaired) electrons. The van der Waals surface area contributed by atoms with Crippen LogP contribution in [0.1, 0.15) is 43.0 Å². The van der Waals surface area contributed by atoms with Crippen molar-refractivity contribution in [1.29, 1.82) is 0 Å². The predicted octanol–water partition coefficient (Wildman–Crippen LogP) is 6.35. The van der Waals surface area contributed by atoms with Gasteiger partial charge < -0.3 is 14.8 Å². The van der Waals surface area contributed by atoms with Gasteiger partial charge in [0.1, 0.15) is 0 Å². The van der Waals surface area contributed by atoms with Crippen molar-refractivity contribution in [3.8, 4) is 0 Å². The Labute approximate surface area is 182 Å². The highest BCUT2D eigenvalue weighted by molar-refractivity contribution is 5.89. The summed E-state index contributed by atoms with van der Waals surface area (Å²) >= 11 is 0. The molecule has 0 unspecified atom stereocenters. The first kappa shape index (κ1) is 22.5. The molecule has 1 heterocycles. The molecule has 1 aromatic heterocycles. The second-order valence-corrected chi connectivity index (χ2v) is 7.80. The lowest BCUT2D eigenvalue weighted by Gasteiger charge is -2.24. The van der Waals surface area contributed by atoms with Crippen molar-refractivity contribution < 1.29 is 13.6 Å². The summed E-state index contributed by atoms with van der Waals surface area (Å²) in [6.07, 6.45) is 4.94. The number of amides is 2. The van der Waals surface area contributed by atoms with Gasteiger partial charge in [-0.25, -0.2) is 13.6 Å². The third kappa shape index (κ3) is 6.41. The van der Waals surface area contributed by atoms with Crippen LogP contribution in [-0.2, 0) is 13.1 Å². The summed E-state index contributed by atoms with van der Waals surface area (Å²) in [7, 11) is 0. The van der Waals surface area contributed by atoms with Crippen LogP contribution in [-0.4, -0.2) is 22.0 Å². The van der Waals surface area contributed by atoms with Gasteiger partial charge in [0.15, 0.2) is 11.6 Å². The van der Waals surface area contributed by atoms with Crippen molar-refractivity contribution in [3.05, 3.63) is 89.2 Å². The third-order valence-corrected chi connectivity index (χ3v) is 5.20. The zero-order valence-corrected chi connectivity index (χ0v) is 18.1. The molecule has 3 rings (SSSR count). The predicted molar refractivity (Wildman–Crippen MR) is 120 cm³/mol. The molecular weight excluding hydrogens is 396 g/mol. The van der Waals surface area contributed by atoms with Crippen LogP contribution >= 0.6 is 0 Å². The largest absolute Gasteiger partial charge is 0.345 e. The highest BCUT2D eigenvalue weighted by atomic mass is 19.2. The fourth-order valence-electron chi connectivity index (χ4n) is 3.53. The number of anilines is 1. The lowest BCUT2D eigenvalue weighted by atomic mass is 10.1. The number of halogens is 2. The zero-order chi connectivity index (χ0) is 22.2. The van der Waals surface area contributed by atoms with E-state index in [4.69, 9.17) is 0 Å². The second-order valence-electron chi connectivity index (χ2n) is 7.80. The van der Waals surface area contributed by atoms with E-state index in [1.54, 1.807) is 4.90 Å². The number of benzene rings is 2. The number of urea groups is 1. The molecule has 0 fully saturated rings. The minimum atomic E-state index is -0.984. The summed E-state index contributed by atoms with van der Waals surface area (Å²) in [5.41, 5.74) is 3.65. The van der Waals surface area contributed by atoms with Crippen molar-refractivity contribution in [2.24, 2.45) is 0 Å². The van der Waals surface area contributed by atoms with E-state index in [0.29, 0.717) is 13.1 Å². The Kier molecular flexibility index (Phi) is 7.82. The minimum Gasteiger partial charge on any atom is -0.345 e. The maximum absolute atomic E-state index is 13.5. The van der Waals surface area contributed by atoms with Crippen LogP contribution in [0.15, 0.2) is 60.8 Å². The molecule has 31 heavy (non-hydrogen) atoms. The molecule has 164 valence electrons. The van der Waals surface area contributed by atoms with E-state index in [2.05, 4.69) is 41.9 Å². The van der Waals surface area contributed by atoms with Gasteiger partial charge in [-0.05, 0) is 43.2 Å². The van der Waals surface area contributed by atoms with E-state index in [-0.39, 0.29) is 11.7 Å². The Morgan fingerprint density at radius 2 is 1.87 bits per heavy atom. The summed E-state index contributed by atoms with van der Waals surface area (Å²) in [5.74, 6) is -1.92. The smallest absolute Gasteiger partial charge is 0.322 e. The second kappa shape index (κ2) is 10.8. The standard InChI is InChI=1S/C25H29F2N3O/c1-3-4-5-13-30(25(31)28-21-11-12-23(26)24(27)16-21)18-22-10-7-14-29(22)17-20-9-6-8-19(2)15-20/h6-12,14-16H,3-5,13,17-18H2,1-2H3,(H,28,31). The first-order valence-corrected chi connectivity index (χ1v) is 10.7. The molecular formula is C25H29F2N3O. The van der Waals surface area contributed by atoms with Crippen molar-refractivity contribution in [1.82, 2.24) is 9.47 Å². The molecule has 2 aromatic carbocycles. The minimum absolute atomic E-state index is 0.236. The number of carbonyl (C=O) groups is 1. The van der Waals surface area contributed by atoms with Crippen LogP contribution in [0, 0.1) is 18.6 Å². The van der Waals surface area contributed by atoms with Crippen LogP contribution in [0.25, 0.3) is 0 Å². The summed E-state index contributed by atoms with van der Waals surface area (Å²) < 4.78 is 28.9. The third-order valence-electron chi connectivity index (χ3n) is 5.20. The van der Waals surface area contributed by atoms with Crippen molar-refractivity contribution >= 4 is 11.7 Å². The molecule has 0 bridgehead atoms. The van der Waals surface area contributed by atoms with Crippen LogP contribution < -0.4 is 5.32 Å². The van der Waals surface area contributed by atoms with E-state index in [9.17, 15) is 13.6 Å². The Morgan fingerprint density at radius 1 is 1.03 bits per heavy atom. The van der Waals surface area contributed by atoms with E-state index < -0.39 is 11.6 Å². The van der Waals surface area contributed by atoms with Crippen molar-refractivity contribution in [2.45, 2.75) is 46.2 Å². The highest BCUT2D eigenvalue weighted by Gasteiger charge is 2.17. The molecule has 0 aliphatic heterocycles. The van der Waals surface area contributed by atoms with Crippen molar-refractivity contribution in [3.63, 3.8) is 0 Å². The maximum atomic E-state index is 13.5.